The highest BCUT2D eigenvalue weighted by molar-refractivity contribution is 6.09. The van der Waals surface area contributed by atoms with E-state index < -0.39 is 0 Å². The third-order valence-electron chi connectivity index (χ3n) is 4.24. The molecule has 0 saturated heterocycles. The molecule has 23 heavy (non-hydrogen) atoms. The number of aryl methyl sites for hydroxylation is 1. The Morgan fingerprint density at radius 2 is 1.91 bits per heavy atom. The second kappa shape index (κ2) is 6.29. The summed E-state index contributed by atoms with van der Waals surface area (Å²) >= 11 is 0. The SMILES string of the molecule is Cc1cccc(C(C)C)c1NCC(=O)c1c[nH]c2ccccc12. The number of hydrogen-bond donors (Lipinski definition) is 2. The van der Waals surface area contributed by atoms with Gasteiger partial charge in [-0.05, 0) is 30.0 Å². The molecule has 3 rings (SSSR count). The van der Waals surface area contributed by atoms with Crippen molar-refractivity contribution in [3.63, 3.8) is 0 Å². The molecule has 0 aliphatic rings. The van der Waals surface area contributed by atoms with Crippen molar-refractivity contribution >= 4 is 22.4 Å². The van der Waals surface area contributed by atoms with Crippen LogP contribution in [-0.2, 0) is 0 Å². The fraction of sp³-hybridized carbons (Fsp3) is 0.250. The van der Waals surface area contributed by atoms with E-state index in [-0.39, 0.29) is 5.78 Å². The van der Waals surface area contributed by atoms with Crippen LogP contribution in [0.4, 0.5) is 5.69 Å². The largest absolute Gasteiger partial charge is 0.377 e. The van der Waals surface area contributed by atoms with E-state index in [2.05, 4.69) is 49.3 Å². The first-order valence-corrected chi connectivity index (χ1v) is 8.00. The van der Waals surface area contributed by atoms with Crippen LogP contribution in [0.15, 0.2) is 48.7 Å². The summed E-state index contributed by atoms with van der Waals surface area (Å²) in [4.78, 5) is 15.8. The van der Waals surface area contributed by atoms with Crippen LogP contribution in [0.2, 0.25) is 0 Å². The van der Waals surface area contributed by atoms with Crippen molar-refractivity contribution in [3.8, 4) is 0 Å². The van der Waals surface area contributed by atoms with Crippen molar-refractivity contribution < 1.29 is 4.79 Å². The molecule has 3 aromatic rings. The lowest BCUT2D eigenvalue weighted by Gasteiger charge is -2.16. The molecule has 3 heteroatoms. The number of ketones is 1. The summed E-state index contributed by atoms with van der Waals surface area (Å²) in [6, 6.07) is 14.1. The molecular weight excluding hydrogens is 284 g/mol. The van der Waals surface area contributed by atoms with Gasteiger partial charge >= 0.3 is 0 Å². The summed E-state index contributed by atoms with van der Waals surface area (Å²) in [5.41, 5.74) is 5.23. The average molecular weight is 306 g/mol. The number of carbonyl (C=O) groups excluding carboxylic acids is 1. The highest BCUT2D eigenvalue weighted by atomic mass is 16.1. The normalized spacial score (nSPS) is 11.1. The monoisotopic (exact) mass is 306 g/mol. The molecule has 0 aliphatic heterocycles. The summed E-state index contributed by atoms with van der Waals surface area (Å²) in [5.74, 6) is 0.515. The number of carbonyl (C=O) groups is 1. The van der Waals surface area contributed by atoms with Gasteiger partial charge in [0.2, 0.25) is 0 Å². The van der Waals surface area contributed by atoms with Gasteiger partial charge in [-0.2, -0.15) is 0 Å². The second-order valence-electron chi connectivity index (χ2n) is 6.22. The molecule has 0 radical (unpaired) electrons. The maximum atomic E-state index is 12.6. The number of benzene rings is 2. The highest BCUT2D eigenvalue weighted by Crippen LogP contribution is 2.27. The number of aromatic nitrogens is 1. The summed E-state index contributed by atoms with van der Waals surface area (Å²) in [6.45, 7) is 6.71. The van der Waals surface area contributed by atoms with E-state index >= 15 is 0 Å². The van der Waals surface area contributed by atoms with E-state index in [4.69, 9.17) is 0 Å². The van der Waals surface area contributed by atoms with E-state index in [1.807, 2.05) is 24.3 Å². The zero-order valence-electron chi connectivity index (χ0n) is 13.8. The fourth-order valence-corrected chi connectivity index (χ4v) is 2.98. The first kappa shape index (κ1) is 15.3. The van der Waals surface area contributed by atoms with Crippen molar-refractivity contribution in [2.75, 3.05) is 11.9 Å². The predicted octanol–water partition coefficient (Wildman–Crippen LogP) is 4.89. The quantitative estimate of drug-likeness (QED) is 0.659. The molecule has 2 aromatic carbocycles. The maximum absolute atomic E-state index is 12.6. The number of aromatic amines is 1. The van der Waals surface area contributed by atoms with Crippen LogP contribution >= 0.6 is 0 Å². The van der Waals surface area contributed by atoms with Crippen molar-refractivity contribution in [3.05, 3.63) is 65.4 Å². The Kier molecular flexibility index (Phi) is 4.20. The molecule has 118 valence electrons. The van der Waals surface area contributed by atoms with E-state index in [9.17, 15) is 4.79 Å². The Balaban J connectivity index is 1.83. The van der Waals surface area contributed by atoms with E-state index in [1.165, 1.54) is 11.1 Å². The number of nitrogens with one attached hydrogen (secondary N) is 2. The van der Waals surface area contributed by atoms with Gasteiger partial charge in [0.25, 0.3) is 0 Å². The molecule has 0 saturated carbocycles. The van der Waals surface area contributed by atoms with Crippen LogP contribution in [0.3, 0.4) is 0 Å². The predicted molar refractivity (Wildman–Crippen MR) is 96.4 cm³/mol. The number of fused-ring (bicyclic) bond motifs is 1. The van der Waals surface area contributed by atoms with E-state index in [0.717, 1.165) is 22.2 Å². The molecule has 1 heterocycles. The first-order chi connectivity index (χ1) is 11.1. The molecule has 1 aromatic heterocycles. The van der Waals surface area contributed by atoms with Gasteiger partial charge in [-0.1, -0.05) is 50.2 Å². The van der Waals surface area contributed by atoms with Crippen LogP contribution in [0, 0.1) is 6.92 Å². The van der Waals surface area contributed by atoms with Crippen molar-refractivity contribution in [1.82, 2.24) is 4.98 Å². The lowest BCUT2D eigenvalue weighted by molar-refractivity contribution is 0.101. The van der Waals surface area contributed by atoms with Gasteiger partial charge in [-0.25, -0.2) is 0 Å². The Hall–Kier alpha value is -2.55. The van der Waals surface area contributed by atoms with Crippen LogP contribution in [0.25, 0.3) is 10.9 Å². The second-order valence-corrected chi connectivity index (χ2v) is 6.22. The molecule has 0 bridgehead atoms. The molecule has 0 atom stereocenters. The Labute approximate surface area is 136 Å². The summed E-state index contributed by atoms with van der Waals surface area (Å²) in [6.07, 6.45) is 1.80. The van der Waals surface area contributed by atoms with Crippen molar-refractivity contribution in [2.24, 2.45) is 0 Å². The first-order valence-electron chi connectivity index (χ1n) is 8.00. The fourth-order valence-electron chi connectivity index (χ4n) is 2.98. The zero-order valence-corrected chi connectivity index (χ0v) is 13.8. The topological polar surface area (TPSA) is 44.9 Å². The molecule has 2 N–H and O–H groups in total. The van der Waals surface area contributed by atoms with E-state index in [0.29, 0.717) is 12.5 Å². The molecule has 0 fully saturated rings. The summed E-state index contributed by atoms with van der Waals surface area (Å²) in [7, 11) is 0. The average Bonchev–Trinajstić information content (AvgIpc) is 2.97. The van der Waals surface area contributed by atoms with E-state index in [1.54, 1.807) is 6.20 Å². The number of rotatable bonds is 5. The highest BCUT2D eigenvalue weighted by Gasteiger charge is 2.14. The minimum absolute atomic E-state index is 0.0976. The standard InChI is InChI=1S/C20H22N2O/c1-13(2)15-9-6-7-14(3)20(15)22-12-19(23)17-11-21-18-10-5-4-8-16(17)18/h4-11,13,21-22H,12H2,1-3H3. The third-order valence-corrected chi connectivity index (χ3v) is 4.24. The van der Waals surface area contributed by atoms with Crippen molar-refractivity contribution in [1.29, 1.82) is 0 Å². The molecule has 0 unspecified atom stereocenters. The van der Waals surface area contributed by atoms with Gasteiger partial charge in [0.1, 0.15) is 0 Å². The molecule has 0 amide bonds. The number of H-pyrrole nitrogens is 1. The zero-order chi connectivity index (χ0) is 16.4. The van der Waals surface area contributed by atoms with Crippen LogP contribution in [0.1, 0.15) is 41.3 Å². The number of hydrogen-bond acceptors (Lipinski definition) is 2. The number of anilines is 1. The van der Waals surface area contributed by atoms with Gasteiger partial charge < -0.3 is 10.3 Å². The van der Waals surface area contributed by atoms with Crippen LogP contribution < -0.4 is 5.32 Å². The summed E-state index contributed by atoms with van der Waals surface area (Å²) in [5, 5.41) is 4.33. The van der Waals surface area contributed by atoms with Gasteiger partial charge in [0.15, 0.2) is 5.78 Å². The van der Waals surface area contributed by atoms with Gasteiger partial charge in [0, 0.05) is 28.4 Å². The molecule has 3 nitrogen and oxygen atoms in total. The van der Waals surface area contributed by atoms with Gasteiger partial charge in [-0.3, -0.25) is 4.79 Å². The lowest BCUT2D eigenvalue weighted by Crippen LogP contribution is -2.15. The van der Waals surface area contributed by atoms with Crippen LogP contribution in [-0.4, -0.2) is 17.3 Å². The Morgan fingerprint density at radius 1 is 1.13 bits per heavy atom. The van der Waals surface area contributed by atoms with Crippen molar-refractivity contribution in [2.45, 2.75) is 26.7 Å². The minimum Gasteiger partial charge on any atom is -0.377 e. The third kappa shape index (κ3) is 3.00. The number of para-hydroxylation sites is 2. The van der Waals surface area contributed by atoms with Crippen LogP contribution in [0.5, 0.6) is 0 Å². The smallest absolute Gasteiger partial charge is 0.183 e. The Morgan fingerprint density at radius 3 is 2.70 bits per heavy atom. The number of Topliss-reactive ketones (excluding diaryl/α,β-unsaturated/α-hetero) is 1. The van der Waals surface area contributed by atoms with Gasteiger partial charge in [-0.15, -0.1) is 0 Å². The molecule has 0 aliphatic carbocycles. The molecule has 0 spiro atoms. The summed E-state index contributed by atoms with van der Waals surface area (Å²) < 4.78 is 0. The minimum atomic E-state index is 0.0976. The Bertz CT molecular complexity index is 846. The van der Waals surface area contributed by atoms with Gasteiger partial charge in [0.05, 0.1) is 6.54 Å². The maximum Gasteiger partial charge on any atom is 0.183 e. The molecular formula is C20H22N2O. The lowest BCUT2D eigenvalue weighted by atomic mass is 9.98.